The van der Waals surface area contributed by atoms with Gasteiger partial charge in [0.2, 0.25) is 0 Å². The highest BCUT2D eigenvalue weighted by Gasteiger charge is 2.17. The number of hydrogen-bond donors (Lipinski definition) is 1. The summed E-state index contributed by atoms with van der Waals surface area (Å²) in [6.45, 7) is 2.11. The third-order valence-corrected chi connectivity index (χ3v) is 5.67. The lowest BCUT2D eigenvalue weighted by molar-refractivity contribution is -0.385. The van der Waals surface area contributed by atoms with Gasteiger partial charge in [0.15, 0.2) is 0 Å². The number of nitrogens with one attached hydrogen (secondary N) is 1. The SMILES string of the molecule is O=[N+]([O-])c1ccccc1COn1ccc2ncc(-c3cnn(C4CCNCC4)c3)cc21. The Hall–Kier alpha value is -3.72. The van der Waals surface area contributed by atoms with Gasteiger partial charge in [-0.05, 0) is 44.1 Å². The molecular formula is C22H22N6O3. The van der Waals surface area contributed by atoms with E-state index < -0.39 is 4.92 Å². The Bertz CT molecular complexity index is 1220. The number of pyridine rings is 1. The van der Waals surface area contributed by atoms with E-state index in [2.05, 4.69) is 21.6 Å². The Labute approximate surface area is 178 Å². The van der Waals surface area contributed by atoms with Crippen molar-refractivity contribution in [2.24, 2.45) is 0 Å². The number of rotatable bonds is 6. The Morgan fingerprint density at radius 2 is 2.00 bits per heavy atom. The highest BCUT2D eigenvalue weighted by molar-refractivity contribution is 5.80. The maximum atomic E-state index is 11.2. The first-order valence-electron chi connectivity index (χ1n) is 10.3. The van der Waals surface area contributed by atoms with Crippen molar-refractivity contribution >= 4 is 16.7 Å². The summed E-state index contributed by atoms with van der Waals surface area (Å²) in [6, 6.07) is 10.9. The van der Waals surface area contributed by atoms with Gasteiger partial charge in [-0.1, -0.05) is 12.1 Å². The zero-order valence-corrected chi connectivity index (χ0v) is 16.8. The minimum atomic E-state index is -0.397. The summed E-state index contributed by atoms with van der Waals surface area (Å²) < 4.78 is 3.66. The van der Waals surface area contributed by atoms with Crippen molar-refractivity contribution in [1.29, 1.82) is 0 Å². The molecule has 0 unspecified atom stereocenters. The number of nitro groups is 1. The van der Waals surface area contributed by atoms with E-state index in [4.69, 9.17) is 4.84 Å². The van der Waals surface area contributed by atoms with E-state index in [1.54, 1.807) is 29.1 Å². The molecule has 1 aromatic carbocycles. The van der Waals surface area contributed by atoms with Crippen molar-refractivity contribution in [2.45, 2.75) is 25.5 Å². The normalized spacial score (nSPS) is 14.7. The van der Waals surface area contributed by atoms with Crippen molar-refractivity contribution in [3.05, 3.63) is 76.9 Å². The van der Waals surface area contributed by atoms with Crippen molar-refractivity contribution < 1.29 is 9.76 Å². The quantitative estimate of drug-likeness (QED) is 0.381. The van der Waals surface area contributed by atoms with Gasteiger partial charge in [0.05, 0.1) is 28.2 Å². The lowest BCUT2D eigenvalue weighted by Crippen LogP contribution is -2.29. The van der Waals surface area contributed by atoms with Crippen LogP contribution < -0.4 is 10.2 Å². The lowest BCUT2D eigenvalue weighted by Gasteiger charge is -2.22. The molecule has 0 radical (unpaired) electrons. The summed E-state index contributed by atoms with van der Waals surface area (Å²) >= 11 is 0. The summed E-state index contributed by atoms with van der Waals surface area (Å²) in [5, 5.41) is 19.2. The van der Waals surface area contributed by atoms with Gasteiger partial charge in [-0.15, -0.1) is 0 Å². The first-order valence-corrected chi connectivity index (χ1v) is 10.3. The van der Waals surface area contributed by atoms with Crippen LogP contribution in [0, 0.1) is 10.1 Å². The number of benzene rings is 1. The molecule has 4 aromatic rings. The highest BCUT2D eigenvalue weighted by Crippen LogP contribution is 2.26. The van der Waals surface area contributed by atoms with E-state index >= 15 is 0 Å². The largest absolute Gasteiger partial charge is 0.409 e. The molecule has 1 aliphatic rings. The maximum absolute atomic E-state index is 11.2. The van der Waals surface area contributed by atoms with Gasteiger partial charge in [-0.2, -0.15) is 9.83 Å². The highest BCUT2D eigenvalue weighted by atomic mass is 16.7. The van der Waals surface area contributed by atoms with E-state index in [1.807, 2.05) is 29.2 Å². The number of hydrogen-bond acceptors (Lipinski definition) is 6. The van der Waals surface area contributed by atoms with Crippen LogP contribution in [-0.4, -0.2) is 37.5 Å². The minimum absolute atomic E-state index is 0.0445. The predicted molar refractivity (Wildman–Crippen MR) is 115 cm³/mol. The molecule has 31 heavy (non-hydrogen) atoms. The van der Waals surface area contributed by atoms with Crippen molar-refractivity contribution in [3.8, 4) is 11.1 Å². The van der Waals surface area contributed by atoms with Crippen LogP contribution in [-0.2, 0) is 6.61 Å². The maximum Gasteiger partial charge on any atom is 0.276 e. The second-order valence-corrected chi connectivity index (χ2v) is 7.62. The molecular weight excluding hydrogens is 396 g/mol. The average molecular weight is 418 g/mol. The zero-order chi connectivity index (χ0) is 21.2. The molecule has 0 saturated carbocycles. The van der Waals surface area contributed by atoms with E-state index in [1.165, 1.54) is 6.07 Å². The van der Waals surface area contributed by atoms with Gasteiger partial charge in [0.1, 0.15) is 12.1 Å². The summed E-state index contributed by atoms with van der Waals surface area (Å²) in [6.07, 6.45) is 9.68. The van der Waals surface area contributed by atoms with Crippen LogP contribution in [0.5, 0.6) is 0 Å². The Morgan fingerprint density at radius 1 is 1.16 bits per heavy atom. The zero-order valence-electron chi connectivity index (χ0n) is 16.8. The van der Waals surface area contributed by atoms with E-state index in [0.717, 1.165) is 48.1 Å². The molecule has 1 saturated heterocycles. The molecule has 5 rings (SSSR count). The molecule has 0 aliphatic carbocycles. The van der Waals surface area contributed by atoms with Crippen molar-refractivity contribution in [1.82, 2.24) is 24.8 Å². The predicted octanol–water partition coefficient (Wildman–Crippen LogP) is 3.36. The van der Waals surface area contributed by atoms with Crippen molar-refractivity contribution in [2.75, 3.05) is 13.1 Å². The molecule has 1 aliphatic heterocycles. The van der Waals surface area contributed by atoms with E-state index in [0.29, 0.717) is 11.6 Å². The van der Waals surface area contributed by atoms with Crippen LogP contribution >= 0.6 is 0 Å². The van der Waals surface area contributed by atoms with E-state index in [9.17, 15) is 10.1 Å². The lowest BCUT2D eigenvalue weighted by atomic mass is 10.1. The number of nitrogens with zero attached hydrogens (tertiary/aromatic N) is 5. The molecule has 158 valence electrons. The average Bonchev–Trinajstić information content (AvgIpc) is 3.45. The number of fused-ring (bicyclic) bond motifs is 1. The molecule has 0 bridgehead atoms. The fourth-order valence-electron chi connectivity index (χ4n) is 3.97. The van der Waals surface area contributed by atoms with Crippen LogP contribution in [0.1, 0.15) is 24.4 Å². The Kier molecular flexibility index (Phi) is 5.09. The summed E-state index contributed by atoms with van der Waals surface area (Å²) in [5.74, 6) is 0. The molecule has 0 amide bonds. The number of aromatic nitrogens is 4. The fourth-order valence-corrected chi connectivity index (χ4v) is 3.97. The Morgan fingerprint density at radius 3 is 2.84 bits per heavy atom. The number of para-hydroxylation sites is 1. The second-order valence-electron chi connectivity index (χ2n) is 7.62. The number of piperidine rings is 1. The van der Waals surface area contributed by atoms with Gasteiger partial charge in [-0.25, -0.2) is 0 Å². The van der Waals surface area contributed by atoms with Crippen LogP contribution in [0.3, 0.4) is 0 Å². The summed E-state index contributed by atoms with van der Waals surface area (Å²) in [4.78, 5) is 21.3. The summed E-state index contributed by atoms with van der Waals surface area (Å²) in [5.41, 5.74) is 4.09. The second kappa shape index (κ2) is 8.19. The smallest absolute Gasteiger partial charge is 0.276 e. The van der Waals surface area contributed by atoms with E-state index in [-0.39, 0.29) is 12.3 Å². The van der Waals surface area contributed by atoms with Crippen molar-refractivity contribution in [3.63, 3.8) is 0 Å². The monoisotopic (exact) mass is 418 g/mol. The van der Waals surface area contributed by atoms with Crippen LogP contribution in [0.4, 0.5) is 5.69 Å². The molecule has 4 heterocycles. The molecule has 0 atom stereocenters. The van der Waals surface area contributed by atoms with Crippen LogP contribution in [0.25, 0.3) is 22.2 Å². The van der Waals surface area contributed by atoms with Gasteiger partial charge in [0, 0.05) is 35.8 Å². The van der Waals surface area contributed by atoms with Gasteiger partial charge in [-0.3, -0.25) is 19.8 Å². The molecule has 1 fully saturated rings. The fraction of sp³-hybridized carbons (Fsp3) is 0.273. The van der Waals surface area contributed by atoms with Crippen LogP contribution in [0.2, 0.25) is 0 Å². The standard InChI is InChI=1S/C22H22N6O3/c29-28(30)21-4-2-1-3-16(21)15-31-27-10-7-20-22(27)11-17(12-24-20)18-13-25-26(14-18)19-5-8-23-9-6-19/h1-4,7,10-14,19,23H,5-6,8-9,15H2. The Balaban J connectivity index is 1.39. The summed E-state index contributed by atoms with van der Waals surface area (Å²) in [7, 11) is 0. The first-order chi connectivity index (χ1) is 15.2. The molecule has 0 spiro atoms. The van der Waals surface area contributed by atoms with Gasteiger partial charge in [0.25, 0.3) is 5.69 Å². The minimum Gasteiger partial charge on any atom is -0.409 e. The molecule has 9 nitrogen and oxygen atoms in total. The first kappa shape index (κ1) is 19.3. The number of nitro benzene ring substituents is 1. The molecule has 1 N–H and O–H groups in total. The van der Waals surface area contributed by atoms with Crippen LogP contribution in [0.15, 0.2) is 61.2 Å². The molecule has 3 aromatic heterocycles. The third kappa shape index (κ3) is 3.87. The van der Waals surface area contributed by atoms with Gasteiger partial charge >= 0.3 is 0 Å². The third-order valence-electron chi connectivity index (χ3n) is 5.67. The van der Waals surface area contributed by atoms with Gasteiger partial charge < -0.3 is 10.2 Å². The topological polar surface area (TPSA) is 100 Å². The molecule has 9 heteroatoms.